The molecule has 0 spiro atoms. The van der Waals surface area contributed by atoms with Crippen LogP contribution in [0.15, 0.2) is 11.1 Å². The minimum atomic E-state index is -3.60. The van der Waals surface area contributed by atoms with Crippen molar-refractivity contribution in [2.45, 2.75) is 63.9 Å². The topological polar surface area (TPSA) is 90.0 Å². The standard InChI is InChI=1S/C13H24N4O2S/c1-4-8-17-9-10(12(14)15-17)20(18,19)16-11-6-5-7-13(11,2)3/h9,11,16H,4-8H2,1-3H3,(H2,14,15). The molecule has 1 atom stereocenters. The van der Waals surface area contributed by atoms with Crippen molar-refractivity contribution in [3.05, 3.63) is 6.20 Å². The number of hydrogen-bond acceptors (Lipinski definition) is 4. The summed E-state index contributed by atoms with van der Waals surface area (Å²) in [6.45, 7) is 6.86. The molecule has 2 rings (SSSR count). The third-order valence-corrected chi connectivity index (χ3v) is 5.54. The van der Waals surface area contributed by atoms with E-state index in [9.17, 15) is 8.42 Å². The van der Waals surface area contributed by atoms with Gasteiger partial charge in [0.25, 0.3) is 0 Å². The average molecular weight is 300 g/mol. The normalized spacial score (nSPS) is 22.2. The molecule has 1 saturated carbocycles. The number of anilines is 1. The van der Waals surface area contributed by atoms with E-state index >= 15 is 0 Å². The van der Waals surface area contributed by atoms with Crippen molar-refractivity contribution in [3.63, 3.8) is 0 Å². The molecule has 114 valence electrons. The van der Waals surface area contributed by atoms with Gasteiger partial charge in [0, 0.05) is 18.8 Å². The van der Waals surface area contributed by atoms with Crippen molar-refractivity contribution in [2.75, 3.05) is 5.73 Å². The maximum atomic E-state index is 12.5. The Bertz CT molecular complexity index is 577. The summed E-state index contributed by atoms with van der Waals surface area (Å²) in [4.78, 5) is 0.0913. The summed E-state index contributed by atoms with van der Waals surface area (Å²) in [5.41, 5.74) is 5.74. The summed E-state index contributed by atoms with van der Waals surface area (Å²) in [7, 11) is -3.60. The van der Waals surface area contributed by atoms with Crippen molar-refractivity contribution in [2.24, 2.45) is 5.41 Å². The van der Waals surface area contributed by atoms with Crippen LogP contribution in [0.2, 0.25) is 0 Å². The van der Waals surface area contributed by atoms with Crippen LogP contribution in [0.4, 0.5) is 5.82 Å². The number of nitrogens with two attached hydrogens (primary N) is 1. The minimum Gasteiger partial charge on any atom is -0.381 e. The molecule has 1 unspecified atom stereocenters. The number of aromatic nitrogens is 2. The van der Waals surface area contributed by atoms with Crippen LogP contribution in [-0.4, -0.2) is 24.2 Å². The number of hydrogen-bond donors (Lipinski definition) is 2. The first-order chi connectivity index (χ1) is 9.26. The van der Waals surface area contributed by atoms with Gasteiger partial charge >= 0.3 is 0 Å². The molecule has 1 aromatic rings. The van der Waals surface area contributed by atoms with Gasteiger partial charge in [0.15, 0.2) is 5.82 Å². The Hall–Kier alpha value is -1.08. The number of nitrogen functional groups attached to an aromatic ring is 1. The summed E-state index contributed by atoms with van der Waals surface area (Å²) >= 11 is 0. The van der Waals surface area contributed by atoms with Gasteiger partial charge in [-0.3, -0.25) is 4.68 Å². The molecule has 1 fully saturated rings. The lowest BCUT2D eigenvalue weighted by molar-refractivity contribution is 0.313. The van der Waals surface area contributed by atoms with Gasteiger partial charge in [-0.1, -0.05) is 27.2 Å². The van der Waals surface area contributed by atoms with Gasteiger partial charge in [-0.2, -0.15) is 5.10 Å². The lowest BCUT2D eigenvalue weighted by Crippen LogP contribution is -2.41. The summed E-state index contributed by atoms with van der Waals surface area (Å²) < 4.78 is 29.3. The second kappa shape index (κ2) is 5.37. The Morgan fingerprint density at radius 2 is 2.25 bits per heavy atom. The third kappa shape index (κ3) is 2.98. The fourth-order valence-electron chi connectivity index (χ4n) is 2.76. The molecule has 3 N–H and O–H groups in total. The predicted octanol–water partition coefficient (Wildman–Crippen LogP) is 1.73. The van der Waals surface area contributed by atoms with Crippen LogP contribution < -0.4 is 10.5 Å². The fourth-order valence-corrected chi connectivity index (χ4v) is 4.28. The van der Waals surface area contributed by atoms with E-state index in [-0.39, 0.29) is 22.2 Å². The van der Waals surface area contributed by atoms with Crippen molar-refractivity contribution in [1.82, 2.24) is 14.5 Å². The van der Waals surface area contributed by atoms with Crippen LogP contribution in [0, 0.1) is 5.41 Å². The van der Waals surface area contributed by atoms with Crippen LogP contribution >= 0.6 is 0 Å². The van der Waals surface area contributed by atoms with E-state index in [0.717, 1.165) is 25.7 Å². The van der Waals surface area contributed by atoms with E-state index in [2.05, 4.69) is 23.7 Å². The molecule has 0 bridgehead atoms. The van der Waals surface area contributed by atoms with Gasteiger partial charge in [-0.05, 0) is 24.7 Å². The van der Waals surface area contributed by atoms with Gasteiger partial charge < -0.3 is 5.73 Å². The number of sulfonamides is 1. The molecule has 0 amide bonds. The van der Waals surface area contributed by atoms with Gasteiger partial charge in [-0.25, -0.2) is 13.1 Å². The van der Waals surface area contributed by atoms with E-state index in [1.54, 1.807) is 4.68 Å². The number of nitrogens with one attached hydrogen (secondary N) is 1. The van der Waals surface area contributed by atoms with E-state index in [1.165, 1.54) is 6.20 Å². The van der Waals surface area contributed by atoms with Gasteiger partial charge in [0.2, 0.25) is 10.0 Å². The molecule has 7 heteroatoms. The average Bonchev–Trinajstić information content (AvgIpc) is 2.84. The summed E-state index contributed by atoms with van der Waals surface area (Å²) in [5.74, 6) is 0.0711. The highest BCUT2D eigenvalue weighted by molar-refractivity contribution is 7.89. The molecular weight excluding hydrogens is 276 g/mol. The van der Waals surface area contributed by atoms with Crippen molar-refractivity contribution >= 4 is 15.8 Å². The molecule has 6 nitrogen and oxygen atoms in total. The molecule has 1 aromatic heterocycles. The molecule has 1 heterocycles. The van der Waals surface area contributed by atoms with Crippen molar-refractivity contribution in [1.29, 1.82) is 0 Å². The molecule has 20 heavy (non-hydrogen) atoms. The first-order valence-corrected chi connectivity index (χ1v) is 8.60. The maximum Gasteiger partial charge on any atom is 0.246 e. The van der Waals surface area contributed by atoms with Gasteiger partial charge in [0.1, 0.15) is 4.90 Å². The second-order valence-electron chi connectivity index (χ2n) is 6.20. The highest BCUT2D eigenvalue weighted by atomic mass is 32.2. The molecule has 0 saturated heterocycles. The molecule has 1 aliphatic carbocycles. The summed E-state index contributed by atoms with van der Waals surface area (Å²) in [6.07, 6.45) is 5.34. The Kier molecular flexibility index (Phi) is 4.11. The molecule has 0 aliphatic heterocycles. The first kappa shape index (κ1) is 15.3. The van der Waals surface area contributed by atoms with Gasteiger partial charge in [-0.15, -0.1) is 0 Å². The quantitative estimate of drug-likeness (QED) is 0.866. The van der Waals surface area contributed by atoms with E-state index in [0.29, 0.717) is 6.54 Å². The SMILES string of the molecule is CCCn1cc(S(=O)(=O)NC2CCCC2(C)C)c(N)n1. The monoisotopic (exact) mass is 300 g/mol. The van der Waals surface area contributed by atoms with Crippen molar-refractivity contribution in [3.8, 4) is 0 Å². The van der Waals surface area contributed by atoms with Gasteiger partial charge in [0.05, 0.1) is 0 Å². The van der Waals surface area contributed by atoms with E-state index < -0.39 is 10.0 Å². The van der Waals surface area contributed by atoms with Crippen LogP contribution in [0.5, 0.6) is 0 Å². The molecular formula is C13H24N4O2S. The summed E-state index contributed by atoms with van der Waals surface area (Å²) in [6, 6.07) is -0.0403. The van der Waals surface area contributed by atoms with E-state index in [1.807, 2.05) is 6.92 Å². The predicted molar refractivity (Wildman–Crippen MR) is 78.7 cm³/mol. The summed E-state index contributed by atoms with van der Waals surface area (Å²) in [5, 5.41) is 4.05. The van der Waals surface area contributed by atoms with Crippen LogP contribution in [-0.2, 0) is 16.6 Å². The van der Waals surface area contributed by atoms with Crippen LogP contribution in [0.1, 0.15) is 46.5 Å². The smallest absolute Gasteiger partial charge is 0.246 e. The van der Waals surface area contributed by atoms with E-state index in [4.69, 9.17) is 5.73 Å². The highest BCUT2D eigenvalue weighted by Crippen LogP contribution is 2.38. The molecule has 0 aromatic carbocycles. The maximum absolute atomic E-state index is 12.5. The third-order valence-electron chi connectivity index (χ3n) is 4.05. The zero-order valence-electron chi connectivity index (χ0n) is 12.4. The Morgan fingerprint density at radius 3 is 2.80 bits per heavy atom. The zero-order chi connectivity index (χ0) is 15.0. The number of nitrogens with zero attached hydrogens (tertiary/aromatic N) is 2. The van der Waals surface area contributed by atoms with Crippen LogP contribution in [0.3, 0.4) is 0 Å². The Labute approximate surface area is 120 Å². The largest absolute Gasteiger partial charge is 0.381 e. The lowest BCUT2D eigenvalue weighted by Gasteiger charge is -2.27. The zero-order valence-corrected chi connectivity index (χ0v) is 13.2. The van der Waals surface area contributed by atoms with Crippen molar-refractivity contribution < 1.29 is 8.42 Å². The minimum absolute atomic E-state index is 0.0127. The molecule has 0 radical (unpaired) electrons. The Balaban J connectivity index is 2.22. The lowest BCUT2D eigenvalue weighted by atomic mass is 9.88. The second-order valence-corrected chi connectivity index (χ2v) is 7.88. The highest BCUT2D eigenvalue weighted by Gasteiger charge is 2.38. The fraction of sp³-hybridized carbons (Fsp3) is 0.769. The Morgan fingerprint density at radius 1 is 1.55 bits per heavy atom. The first-order valence-electron chi connectivity index (χ1n) is 7.11. The number of aryl methyl sites for hydroxylation is 1. The number of rotatable bonds is 5. The van der Waals surface area contributed by atoms with Crippen LogP contribution in [0.25, 0.3) is 0 Å². The molecule has 1 aliphatic rings.